The number of aromatic nitrogens is 3. The molecular formula is C20H19N5O2S. The summed E-state index contributed by atoms with van der Waals surface area (Å²) in [6.07, 6.45) is 7.15. The van der Waals surface area contributed by atoms with Crippen LogP contribution in [0.2, 0.25) is 0 Å². The predicted octanol–water partition coefficient (Wildman–Crippen LogP) is 3.08. The van der Waals surface area contributed by atoms with Crippen LogP contribution in [0.25, 0.3) is 22.9 Å². The topological polar surface area (TPSA) is 114 Å². The Morgan fingerprint density at radius 2 is 2.29 bits per heavy atom. The number of amides is 1. The Labute approximate surface area is 165 Å². The van der Waals surface area contributed by atoms with Gasteiger partial charge in [-0.25, -0.2) is 4.98 Å². The Morgan fingerprint density at radius 3 is 2.96 bits per heavy atom. The van der Waals surface area contributed by atoms with Crippen molar-refractivity contribution in [2.75, 3.05) is 5.73 Å². The van der Waals surface area contributed by atoms with Crippen molar-refractivity contribution in [1.82, 2.24) is 20.3 Å². The average Bonchev–Trinajstić information content (AvgIpc) is 3.24. The number of H-pyrrole nitrogens is 1. The van der Waals surface area contributed by atoms with Gasteiger partial charge in [-0.3, -0.25) is 14.6 Å². The minimum absolute atomic E-state index is 0.102. The molecule has 7 nitrogen and oxygen atoms in total. The predicted molar refractivity (Wildman–Crippen MR) is 113 cm³/mol. The normalized spacial score (nSPS) is 10.9. The van der Waals surface area contributed by atoms with Gasteiger partial charge in [-0.05, 0) is 41.6 Å². The summed E-state index contributed by atoms with van der Waals surface area (Å²) in [5, 5.41) is 4.59. The van der Waals surface area contributed by atoms with E-state index in [1.165, 1.54) is 11.3 Å². The Bertz CT molecular complexity index is 1100. The van der Waals surface area contributed by atoms with E-state index in [4.69, 9.17) is 5.73 Å². The first kappa shape index (κ1) is 19.2. The van der Waals surface area contributed by atoms with Crippen LogP contribution in [0.15, 0.2) is 47.2 Å². The van der Waals surface area contributed by atoms with E-state index in [-0.39, 0.29) is 17.9 Å². The SMILES string of the molecule is C=Cc1cc(CNC(=O)c2nc(-c3cccs3)[nH]c(=O)c2N)cnc1/C=C\C. The molecule has 0 spiro atoms. The monoisotopic (exact) mass is 393 g/mol. The number of thiophene rings is 1. The van der Waals surface area contributed by atoms with Crippen molar-refractivity contribution in [1.29, 1.82) is 0 Å². The second kappa shape index (κ2) is 8.45. The van der Waals surface area contributed by atoms with Crippen LogP contribution in [0.4, 0.5) is 5.69 Å². The van der Waals surface area contributed by atoms with Crippen molar-refractivity contribution in [3.8, 4) is 10.7 Å². The highest BCUT2D eigenvalue weighted by molar-refractivity contribution is 7.13. The molecule has 0 radical (unpaired) electrons. The molecule has 0 aliphatic rings. The largest absolute Gasteiger partial charge is 0.392 e. The first-order chi connectivity index (χ1) is 13.5. The van der Waals surface area contributed by atoms with Gasteiger partial charge in [0.05, 0.1) is 10.6 Å². The molecule has 0 bridgehead atoms. The lowest BCUT2D eigenvalue weighted by molar-refractivity contribution is 0.0946. The molecular weight excluding hydrogens is 374 g/mol. The number of allylic oxidation sites excluding steroid dienone is 1. The van der Waals surface area contributed by atoms with Crippen molar-refractivity contribution in [3.63, 3.8) is 0 Å². The molecule has 3 heterocycles. The number of hydrogen-bond donors (Lipinski definition) is 3. The third-order valence-electron chi connectivity index (χ3n) is 3.93. The van der Waals surface area contributed by atoms with Gasteiger partial charge in [-0.1, -0.05) is 24.8 Å². The number of nitrogen functional groups attached to an aromatic ring is 1. The van der Waals surface area contributed by atoms with Crippen LogP contribution in [-0.4, -0.2) is 20.9 Å². The summed E-state index contributed by atoms with van der Waals surface area (Å²) in [6.45, 7) is 5.91. The zero-order valence-electron chi connectivity index (χ0n) is 15.2. The van der Waals surface area contributed by atoms with Crippen molar-refractivity contribution < 1.29 is 4.79 Å². The van der Waals surface area contributed by atoms with Crippen molar-refractivity contribution in [2.24, 2.45) is 0 Å². The number of rotatable bonds is 6. The molecule has 0 aromatic carbocycles. The van der Waals surface area contributed by atoms with Crippen LogP contribution in [0.3, 0.4) is 0 Å². The van der Waals surface area contributed by atoms with Crippen molar-refractivity contribution in [3.05, 3.63) is 75.3 Å². The van der Waals surface area contributed by atoms with E-state index >= 15 is 0 Å². The zero-order valence-corrected chi connectivity index (χ0v) is 16.0. The van der Waals surface area contributed by atoms with E-state index in [1.54, 1.807) is 18.3 Å². The molecule has 1 amide bonds. The number of carbonyl (C=O) groups excluding carboxylic acids is 1. The summed E-state index contributed by atoms with van der Waals surface area (Å²) >= 11 is 1.40. The molecule has 0 fully saturated rings. The van der Waals surface area contributed by atoms with E-state index in [2.05, 4.69) is 26.8 Å². The molecule has 3 aromatic heterocycles. The summed E-state index contributed by atoms with van der Waals surface area (Å²) in [6, 6.07) is 5.52. The third-order valence-corrected chi connectivity index (χ3v) is 4.81. The summed E-state index contributed by atoms with van der Waals surface area (Å²) in [4.78, 5) is 36.6. The number of nitrogens with one attached hydrogen (secondary N) is 2. The number of nitrogens with two attached hydrogens (primary N) is 1. The maximum absolute atomic E-state index is 12.6. The van der Waals surface area contributed by atoms with Crippen LogP contribution in [0, 0.1) is 0 Å². The fraction of sp³-hybridized carbons (Fsp3) is 0.100. The average molecular weight is 393 g/mol. The van der Waals surface area contributed by atoms with Gasteiger partial charge in [0, 0.05) is 12.7 Å². The van der Waals surface area contributed by atoms with Gasteiger partial charge in [0.1, 0.15) is 5.69 Å². The van der Waals surface area contributed by atoms with Gasteiger partial charge >= 0.3 is 0 Å². The first-order valence-electron chi connectivity index (χ1n) is 8.49. The number of pyridine rings is 1. The van der Waals surface area contributed by atoms with E-state index in [0.717, 1.165) is 21.7 Å². The summed E-state index contributed by atoms with van der Waals surface area (Å²) < 4.78 is 0. The van der Waals surface area contributed by atoms with Gasteiger partial charge in [0.15, 0.2) is 11.5 Å². The fourth-order valence-electron chi connectivity index (χ4n) is 2.55. The Balaban J connectivity index is 1.82. The quantitative estimate of drug-likeness (QED) is 0.595. The highest BCUT2D eigenvalue weighted by atomic mass is 32.1. The number of hydrogen-bond acceptors (Lipinski definition) is 6. The van der Waals surface area contributed by atoms with E-state index in [1.807, 2.05) is 36.6 Å². The van der Waals surface area contributed by atoms with Crippen LogP contribution >= 0.6 is 11.3 Å². The molecule has 142 valence electrons. The number of anilines is 1. The number of nitrogens with zero attached hydrogens (tertiary/aromatic N) is 2. The molecule has 0 saturated heterocycles. The highest BCUT2D eigenvalue weighted by Crippen LogP contribution is 2.21. The van der Waals surface area contributed by atoms with Gasteiger partial charge in [0.25, 0.3) is 11.5 Å². The second-order valence-corrected chi connectivity index (χ2v) is 6.81. The molecule has 8 heteroatoms. The maximum atomic E-state index is 12.6. The molecule has 0 aliphatic carbocycles. The van der Waals surface area contributed by atoms with Crippen LogP contribution < -0.4 is 16.6 Å². The van der Waals surface area contributed by atoms with Crippen LogP contribution in [0.1, 0.15) is 34.2 Å². The third kappa shape index (κ3) is 4.07. The standard InChI is InChI=1S/C20H19N5O2S/c1-3-6-14-13(4-2)9-12(10-22-14)11-23-20(27)17-16(21)19(26)25-18(24-17)15-7-5-8-28-15/h3-10H,2,11,21H2,1H3,(H,23,27)(H,24,25,26)/b6-3-. The minimum Gasteiger partial charge on any atom is -0.392 e. The fourth-order valence-corrected chi connectivity index (χ4v) is 3.22. The molecule has 28 heavy (non-hydrogen) atoms. The highest BCUT2D eigenvalue weighted by Gasteiger charge is 2.17. The van der Waals surface area contributed by atoms with E-state index in [0.29, 0.717) is 5.82 Å². The number of aromatic amines is 1. The molecule has 0 aliphatic heterocycles. The molecule has 0 atom stereocenters. The first-order valence-corrected chi connectivity index (χ1v) is 9.37. The minimum atomic E-state index is -0.546. The Kier molecular flexibility index (Phi) is 5.81. The van der Waals surface area contributed by atoms with E-state index in [9.17, 15) is 9.59 Å². The van der Waals surface area contributed by atoms with Crippen LogP contribution in [-0.2, 0) is 6.54 Å². The number of carbonyl (C=O) groups is 1. The smallest absolute Gasteiger partial charge is 0.275 e. The summed E-state index contributed by atoms with van der Waals surface area (Å²) in [7, 11) is 0. The molecule has 3 aromatic rings. The summed E-state index contributed by atoms with van der Waals surface area (Å²) in [5.74, 6) is -0.218. The molecule has 4 N–H and O–H groups in total. The van der Waals surface area contributed by atoms with Gasteiger partial charge in [-0.2, -0.15) is 0 Å². The van der Waals surface area contributed by atoms with Crippen LogP contribution in [0.5, 0.6) is 0 Å². The lowest BCUT2D eigenvalue weighted by Crippen LogP contribution is -2.28. The summed E-state index contributed by atoms with van der Waals surface area (Å²) in [5.41, 5.74) is 7.36. The van der Waals surface area contributed by atoms with Crippen molar-refractivity contribution >= 4 is 35.1 Å². The molecule has 0 saturated carbocycles. The molecule has 3 rings (SSSR count). The Hall–Kier alpha value is -3.52. The maximum Gasteiger partial charge on any atom is 0.275 e. The second-order valence-electron chi connectivity index (χ2n) is 5.86. The lowest BCUT2D eigenvalue weighted by Gasteiger charge is -2.09. The Morgan fingerprint density at radius 1 is 1.46 bits per heavy atom. The zero-order chi connectivity index (χ0) is 20.1. The van der Waals surface area contributed by atoms with Gasteiger partial charge in [0.2, 0.25) is 0 Å². The molecule has 0 unspecified atom stereocenters. The van der Waals surface area contributed by atoms with Gasteiger partial charge < -0.3 is 16.0 Å². The van der Waals surface area contributed by atoms with E-state index < -0.39 is 11.5 Å². The van der Waals surface area contributed by atoms with Gasteiger partial charge in [-0.15, -0.1) is 11.3 Å². The lowest BCUT2D eigenvalue weighted by atomic mass is 10.1. The van der Waals surface area contributed by atoms with Crippen molar-refractivity contribution in [2.45, 2.75) is 13.5 Å².